The van der Waals surface area contributed by atoms with Gasteiger partial charge < -0.3 is 9.84 Å². The monoisotopic (exact) mass is 434 g/mol. The molecule has 0 aliphatic rings. The van der Waals surface area contributed by atoms with Gasteiger partial charge in [0.05, 0.1) is 24.2 Å². The summed E-state index contributed by atoms with van der Waals surface area (Å²) in [7, 11) is 1.17. The fourth-order valence-electron chi connectivity index (χ4n) is 3.11. The lowest BCUT2D eigenvalue weighted by atomic mass is 9.88. The van der Waals surface area contributed by atoms with Gasteiger partial charge in [-0.05, 0) is 59.4 Å². The number of hydrogen-bond donors (Lipinski definition) is 1. The van der Waals surface area contributed by atoms with Crippen molar-refractivity contribution in [1.29, 1.82) is 0 Å². The summed E-state index contributed by atoms with van der Waals surface area (Å²) in [5.74, 6) is -1.83. The first-order valence-corrected chi connectivity index (χ1v) is 8.94. The number of phenols is 1. The average molecular weight is 434 g/mol. The van der Waals surface area contributed by atoms with E-state index in [0.29, 0.717) is 18.6 Å². The highest BCUT2D eigenvalue weighted by atomic mass is 19.4. The third-order valence-corrected chi connectivity index (χ3v) is 4.46. The van der Waals surface area contributed by atoms with Crippen LogP contribution in [0.5, 0.6) is 5.75 Å². The Morgan fingerprint density at radius 3 is 1.83 bits per heavy atom. The van der Waals surface area contributed by atoms with Crippen LogP contribution in [0, 0.1) is 5.92 Å². The van der Waals surface area contributed by atoms with Gasteiger partial charge >= 0.3 is 18.3 Å². The van der Waals surface area contributed by atoms with Crippen LogP contribution in [0.15, 0.2) is 36.4 Å². The fourth-order valence-corrected chi connectivity index (χ4v) is 3.11. The van der Waals surface area contributed by atoms with Crippen molar-refractivity contribution >= 4 is 5.97 Å². The Kier molecular flexibility index (Phi) is 6.73. The molecule has 0 aromatic heterocycles. The molecule has 0 aliphatic carbocycles. The summed E-state index contributed by atoms with van der Waals surface area (Å²) in [4.78, 5) is 12.2. The third kappa shape index (κ3) is 5.67. The van der Waals surface area contributed by atoms with Crippen molar-refractivity contribution in [2.24, 2.45) is 5.92 Å². The van der Waals surface area contributed by atoms with E-state index in [9.17, 15) is 36.2 Å². The molecule has 164 valence electrons. The minimum absolute atomic E-state index is 0.0310. The van der Waals surface area contributed by atoms with Crippen LogP contribution >= 0.6 is 0 Å². The average Bonchev–Trinajstić information content (AvgIpc) is 2.63. The number of halogens is 6. The number of rotatable bonds is 5. The largest absolute Gasteiger partial charge is 0.508 e. The highest BCUT2D eigenvalue weighted by Gasteiger charge is 2.37. The van der Waals surface area contributed by atoms with E-state index in [4.69, 9.17) is 4.74 Å². The SMILES string of the molecule is COC(=O)C(CC(C)C)c1cc(O)cc(-c2cc(C(F)(F)F)cc(C(F)(F)F)c2)c1. The normalized spacial score (nSPS) is 13.4. The molecule has 0 aliphatic heterocycles. The van der Waals surface area contributed by atoms with Crippen molar-refractivity contribution in [2.45, 2.75) is 38.5 Å². The Morgan fingerprint density at radius 1 is 0.900 bits per heavy atom. The number of methoxy groups -OCH3 is 1. The van der Waals surface area contributed by atoms with Gasteiger partial charge in [-0.25, -0.2) is 0 Å². The minimum Gasteiger partial charge on any atom is -0.508 e. The highest BCUT2D eigenvalue weighted by Crippen LogP contribution is 2.40. The second-order valence-electron chi connectivity index (χ2n) is 7.31. The zero-order valence-electron chi connectivity index (χ0n) is 16.4. The molecule has 0 heterocycles. The Bertz CT molecular complexity index is 884. The number of esters is 1. The topological polar surface area (TPSA) is 46.5 Å². The van der Waals surface area contributed by atoms with Gasteiger partial charge in [0.1, 0.15) is 5.75 Å². The van der Waals surface area contributed by atoms with Crippen LogP contribution in [0.2, 0.25) is 0 Å². The molecule has 0 spiro atoms. The lowest BCUT2D eigenvalue weighted by molar-refractivity contribution is -0.144. The van der Waals surface area contributed by atoms with Gasteiger partial charge in [0.2, 0.25) is 0 Å². The number of hydrogen-bond acceptors (Lipinski definition) is 3. The summed E-state index contributed by atoms with van der Waals surface area (Å²) < 4.78 is 83.7. The first-order valence-electron chi connectivity index (χ1n) is 8.94. The maximum Gasteiger partial charge on any atom is 0.416 e. The summed E-state index contributed by atoms with van der Waals surface area (Å²) in [5.41, 5.74) is -3.17. The lowest BCUT2D eigenvalue weighted by Crippen LogP contribution is -2.16. The van der Waals surface area contributed by atoms with E-state index in [2.05, 4.69) is 0 Å². The second-order valence-corrected chi connectivity index (χ2v) is 7.31. The predicted molar refractivity (Wildman–Crippen MR) is 97.8 cm³/mol. The van der Waals surface area contributed by atoms with Crippen LogP contribution in [0.1, 0.15) is 42.9 Å². The van der Waals surface area contributed by atoms with Crippen molar-refractivity contribution in [3.63, 3.8) is 0 Å². The molecular formula is C21H20F6O3. The summed E-state index contributed by atoms with van der Waals surface area (Å²) in [6.45, 7) is 3.67. The molecule has 2 aromatic carbocycles. The van der Waals surface area contributed by atoms with Gasteiger partial charge in [0.25, 0.3) is 0 Å². The van der Waals surface area contributed by atoms with E-state index in [-0.39, 0.29) is 28.7 Å². The molecule has 9 heteroatoms. The zero-order chi connectivity index (χ0) is 22.9. The fraction of sp³-hybridized carbons (Fsp3) is 0.381. The standard InChI is InChI=1S/C21H20F6O3/c1-11(2)4-18(19(29)30-3)14-5-12(8-17(28)9-14)13-6-15(20(22,23)24)10-16(7-13)21(25,26)27/h5-11,18,28H,4H2,1-3H3. The number of aromatic hydroxyl groups is 1. The molecule has 2 aromatic rings. The minimum atomic E-state index is -5.00. The van der Waals surface area contributed by atoms with E-state index in [1.165, 1.54) is 19.2 Å². The van der Waals surface area contributed by atoms with Crippen LogP contribution in [0.25, 0.3) is 11.1 Å². The Balaban J connectivity index is 2.68. The molecule has 0 radical (unpaired) electrons. The van der Waals surface area contributed by atoms with E-state index in [1.54, 1.807) is 0 Å². The molecule has 3 nitrogen and oxygen atoms in total. The number of benzene rings is 2. The second kappa shape index (κ2) is 8.57. The van der Waals surface area contributed by atoms with Crippen molar-refractivity contribution in [1.82, 2.24) is 0 Å². The number of phenolic OH excluding ortho intramolecular Hbond substituents is 1. The number of carbonyl (C=O) groups is 1. The van der Waals surface area contributed by atoms with Gasteiger partial charge in [0, 0.05) is 0 Å². The van der Waals surface area contributed by atoms with Crippen molar-refractivity contribution in [3.05, 3.63) is 53.1 Å². The van der Waals surface area contributed by atoms with E-state index < -0.39 is 41.1 Å². The van der Waals surface area contributed by atoms with Crippen molar-refractivity contribution in [3.8, 4) is 16.9 Å². The number of carbonyl (C=O) groups excluding carboxylic acids is 1. The lowest BCUT2D eigenvalue weighted by Gasteiger charge is -2.19. The molecule has 0 amide bonds. The molecule has 1 atom stereocenters. The maximum absolute atomic E-state index is 13.2. The molecule has 2 rings (SSSR count). The van der Waals surface area contributed by atoms with Crippen LogP contribution in [0.4, 0.5) is 26.3 Å². The molecule has 0 saturated heterocycles. The Morgan fingerprint density at radius 2 is 1.40 bits per heavy atom. The molecule has 1 N–H and O–H groups in total. The molecule has 1 unspecified atom stereocenters. The summed E-state index contributed by atoms with van der Waals surface area (Å²) in [6, 6.07) is 4.75. The highest BCUT2D eigenvalue weighted by molar-refractivity contribution is 5.79. The summed E-state index contributed by atoms with van der Waals surface area (Å²) >= 11 is 0. The summed E-state index contributed by atoms with van der Waals surface area (Å²) in [5, 5.41) is 10.1. The maximum atomic E-state index is 13.2. The third-order valence-electron chi connectivity index (χ3n) is 4.46. The van der Waals surface area contributed by atoms with Crippen LogP contribution in [-0.2, 0) is 21.9 Å². The van der Waals surface area contributed by atoms with E-state index in [0.717, 1.165) is 6.07 Å². The van der Waals surface area contributed by atoms with Gasteiger partial charge in [-0.3, -0.25) is 4.79 Å². The van der Waals surface area contributed by atoms with Gasteiger partial charge in [0.15, 0.2) is 0 Å². The molecular weight excluding hydrogens is 414 g/mol. The molecule has 30 heavy (non-hydrogen) atoms. The quantitative estimate of drug-likeness (QED) is 0.438. The van der Waals surface area contributed by atoms with Crippen molar-refractivity contribution in [2.75, 3.05) is 7.11 Å². The Labute approximate surface area is 169 Å². The molecule has 0 saturated carbocycles. The molecule has 0 bridgehead atoms. The van der Waals surface area contributed by atoms with Crippen molar-refractivity contribution < 1.29 is 41.0 Å². The predicted octanol–water partition coefficient (Wildman–Crippen LogP) is 6.40. The van der Waals surface area contributed by atoms with Gasteiger partial charge in [-0.2, -0.15) is 26.3 Å². The first kappa shape index (κ1) is 23.6. The number of alkyl halides is 6. The first-order chi connectivity index (χ1) is 13.7. The van der Waals surface area contributed by atoms with Crippen LogP contribution in [0.3, 0.4) is 0 Å². The van der Waals surface area contributed by atoms with Gasteiger partial charge in [-0.1, -0.05) is 19.9 Å². The zero-order valence-corrected chi connectivity index (χ0v) is 16.4. The number of ether oxygens (including phenoxy) is 1. The van der Waals surface area contributed by atoms with Crippen LogP contribution in [-0.4, -0.2) is 18.2 Å². The van der Waals surface area contributed by atoms with Crippen LogP contribution < -0.4 is 0 Å². The van der Waals surface area contributed by atoms with E-state index in [1.807, 2.05) is 13.8 Å². The smallest absolute Gasteiger partial charge is 0.416 e. The summed E-state index contributed by atoms with van der Waals surface area (Å²) in [6.07, 6.45) is -9.68. The Hall–Kier alpha value is -2.71. The molecule has 0 fully saturated rings. The van der Waals surface area contributed by atoms with E-state index >= 15 is 0 Å². The van der Waals surface area contributed by atoms with Gasteiger partial charge in [-0.15, -0.1) is 0 Å².